The van der Waals surface area contributed by atoms with Crippen LogP contribution in [0.4, 0.5) is 5.82 Å². The van der Waals surface area contributed by atoms with Gasteiger partial charge in [0, 0.05) is 17.5 Å². The van der Waals surface area contributed by atoms with E-state index in [1.165, 1.54) is 11.1 Å². The molecule has 0 aliphatic carbocycles. The zero-order valence-corrected chi connectivity index (χ0v) is 21.0. The molecule has 5 nitrogen and oxygen atoms in total. The number of hydrogen-bond donors (Lipinski definition) is 1. The van der Waals surface area contributed by atoms with Gasteiger partial charge in [-0.15, -0.1) is 0 Å². The first kappa shape index (κ1) is 23.4. The largest absolute Gasteiger partial charge is 0.307 e. The predicted molar refractivity (Wildman–Crippen MR) is 141 cm³/mol. The molecule has 0 saturated carbocycles. The van der Waals surface area contributed by atoms with Crippen LogP contribution in [0.3, 0.4) is 0 Å². The number of amides is 1. The highest BCUT2D eigenvalue weighted by atomic mass is 16.1. The Morgan fingerprint density at radius 2 is 1.65 bits per heavy atom. The van der Waals surface area contributed by atoms with Gasteiger partial charge in [-0.3, -0.25) is 4.79 Å². The lowest BCUT2D eigenvalue weighted by Crippen LogP contribution is -2.13. The zero-order chi connectivity index (χ0) is 24.6. The minimum Gasteiger partial charge on any atom is -0.307 e. The summed E-state index contributed by atoms with van der Waals surface area (Å²) in [6.07, 6.45) is 3.37. The van der Waals surface area contributed by atoms with Gasteiger partial charge in [-0.25, -0.2) is 4.98 Å². The molecule has 1 N–H and O–H groups in total. The fourth-order valence-electron chi connectivity index (χ4n) is 4.13. The summed E-state index contributed by atoms with van der Waals surface area (Å²) in [5, 5.41) is 8.69. The number of rotatable bonds is 4. The molecule has 4 rings (SSSR count). The molecule has 0 bridgehead atoms. The number of aromatic nitrogens is 3. The van der Waals surface area contributed by atoms with Crippen LogP contribution in [0.25, 0.3) is 22.8 Å². The first-order valence-electron chi connectivity index (χ1n) is 11.6. The van der Waals surface area contributed by atoms with Crippen molar-refractivity contribution in [2.75, 3.05) is 5.32 Å². The first-order valence-corrected chi connectivity index (χ1v) is 11.6. The monoisotopic (exact) mass is 452 g/mol. The van der Waals surface area contributed by atoms with Crippen LogP contribution in [0.2, 0.25) is 0 Å². The smallest absolute Gasteiger partial charge is 0.249 e. The van der Waals surface area contributed by atoms with Crippen molar-refractivity contribution >= 4 is 28.7 Å². The average molecular weight is 453 g/mol. The van der Waals surface area contributed by atoms with Gasteiger partial charge in [0.05, 0.1) is 11.2 Å². The highest BCUT2D eigenvalue weighted by Crippen LogP contribution is 2.26. The molecule has 0 fully saturated rings. The van der Waals surface area contributed by atoms with Crippen LogP contribution in [0.5, 0.6) is 0 Å². The van der Waals surface area contributed by atoms with Crippen molar-refractivity contribution in [1.82, 2.24) is 14.8 Å². The lowest BCUT2D eigenvalue weighted by Gasteiger charge is -2.18. The number of carbonyl (C=O) groups is 1. The molecule has 2 heterocycles. The normalized spacial score (nSPS) is 12.0. The van der Waals surface area contributed by atoms with E-state index in [0.29, 0.717) is 11.6 Å². The second kappa shape index (κ2) is 8.90. The molecule has 0 aliphatic rings. The van der Waals surface area contributed by atoms with Crippen LogP contribution in [0.15, 0.2) is 54.6 Å². The van der Waals surface area contributed by atoms with Crippen molar-refractivity contribution in [3.05, 3.63) is 88.1 Å². The van der Waals surface area contributed by atoms with Crippen LogP contribution >= 0.6 is 0 Å². The summed E-state index contributed by atoms with van der Waals surface area (Å²) in [6.45, 7) is 14.7. The minimum absolute atomic E-state index is 0.0996. The number of nitrogens with one attached hydrogen (secondary N) is 1. The van der Waals surface area contributed by atoms with Crippen LogP contribution < -0.4 is 5.32 Å². The van der Waals surface area contributed by atoms with E-state index in [2.05, 4.69) is 76.2 Å². The number of nitrogens with zero attached hydrogens (tertiary/aromatic N) is 3. The second-order valence-electron chi connectivity index (χ2n) is 10.1. The summed E-state index contributed by atoms with van der Waals surface area (Å²) in [5.41, 5.74) is 7.54. The number of hydrogen-bond acceptors (Lipinski definition) is 3. The molecule has 4 aromatic rings. The topological polar surface area (TPSA) is 59.8 Å². The molecule has 1 amide bonds. The molecule has 5 heteroatoms. The Hall–Kier alpha value is -3.73. The van der Waals surface area contributed by atoms with Crippen molar-refractivity contribution in [3.8, 4) is 5.82 Å². The highest BCUT2D eigenvalue weighted by molar-refractivity contribution is 6.01. The van der Waals surface area contributed by atoms with E-state index in [4.69, 9.17) is 4.98 Å². The number of carbonyl (C=O) groups excluding carboxylic acids is 1. The zero-order valence-electron chi connectivity index (χ0n) is 21.0. The van der Waals surface area contributed by atoms with E-state index in [1.807, 2.05) is 37.3 Å². The van der Waals surface area contributed by atoms with Gasteiger partial charge in [-0.05, 0) is 73.6 Å². The Labute approximate surface area is 201 Å². The quantitative estimate of drug-likeness (QED) is 0.355. The SMILES string of the molecule is Cc1cc(C)c2nc(-n3nc(C)cc3NC(=O)/C=C/c3ccc(C(C)(C)C)cc3)cc(C)c2c1. The Morgan fingerprint density at radius 1 is 0.941 bits per heavy atom. The molecular weight excluding hydrogens is 420 g/mol. The Morgan fingerprint density at radius 3 is 2.32 bits per heavy atom. The fourth-order valence-corrected chi connectivity index (χ4v) is 4.13. The maximum Gasteiger partial charge on any atom is 0.249 e. The maximum absolute atomic E-state index is 12.7. The summed E-state index contributed by atoms with van der Waals surface area (Å²) in [5.74, 6) is 1.05. The van der Waals surface area contributed by atoms with Gasteiger partial charge in [-0.1, -0.05) is 56.7 Å². The van der Waals surface area contributed by atoms with Gasteiger partial charge in [0.15, 0.2) is 5.82 Å². The van der Waals surface area contributed by atoms with Crippen LogP contribution in [0, 0.1) is 27.7 Å². The third kappa shape index (κ3) is 4.93. The standard InChI is InChI=1S/C29H32N4O/c1-18-14-20(3)28-24(15-18)19(2)16-25(31-28)33-26(17-21(4)32-33)30-27(34)13-10-22-8-11-23(12-9-22)29(5,6)7/h8-17H,1-7H3,(H,30,34)/b13-10+. The molecule has 0 spiro atoms. The molecule has 0 atom stereocenters. The molecule has 2 aromatic carbocycles. The van der Waals surface area contributed by atoms with Crippen LogP contribution in [0.1, 0.15) is 54.3 Å². The van der Waals surface area contributed by atoms with Crippen molar-refractivity contribution in [3.63, 3.8) is 0 Å². The van der Waals surface area contributed by atoms with Gasteiger partial charge in [0.2, 0.25) is 5.91 Å². The van der Waals surface area contributed by atoms with Crippen molar-refractivity contribution in [1.29, 1.82) is 0 Å². The summed E-state index contributed by atoms with van der Waals surface area (Å²) in [7, 11) is 0. The van der Waals surface area contributed by atoms with E-state index in [9.17, 15) is 4.79 Å². The summed E-state index contributed by atoms with van der Waals surface area (Å²) >= 11 is 0. The summed E-state index contributed by atoms with van der Waals surface area (Å²) in [6, 6.07) is 16.4. The van der Waals surface area contributed by atoms with Gasteiger partial charge in [-0.2, -0.15) is 9.78 Å². The Kier molecular flexibility index (Phi) is 6.13. The lowest BCUT2D eigenvalue weighted by atomic mass is 9.87. The van der Waals surface area contributed by atoms with E-state index in [0.717, 1.165) is 33.3 Å². The van der Waals surface area contributed by atoms with E-state index >= 15 is 0 Å². The Bertz CT molecular complexity index is 1400. The van der Waals surface area contributed by atoms with Crippen molar-refractivity contribution in [2.45, 2.75) is 53.9 Å². The molecule has 0 unspecified atom stereocenters. The highest BCUT2D eigenvalue weighted by Gasteiger charge is 2.14. The van der Waals surface area contributed by atoms with E-state index < -0.39 is 0 Å². The number of pyridine rings is 1. The van der Waals surface area contributed by atoms with Crippen molar-refractivity contribution < 1.29 is 4.79 Å². The van der Waals surface area contributed by atoms with E-state index in [1.54, 1.807) is 10.8 Å². The van der Waals surface area contributed by atoms with Gasteiger partial charge in [0.25, 0.3) is 0 Å². The average Bonchev–Trinajstić information content (AvgIpc) is 3.12. The molecule has 0 aliphatic heterocycles. The molecule has 0 radical (unpaired) electrons. The van der Waals surface area contributed by atoms with Gasteiger partial charge >= 0.3 is 0 Å². The van der Waals surface area contributed by atoms with Crippen LogP contribution in [-0.2, 0) is 10.2 Å². The fraction of sp³-hybridized carbons (Fsp3) is 0.276. The number of aryl methyl sites for hydroxylation is 4. The minimum atomic E-state index is -0.217. The van der Waals surface area contributed by atoms with Gasteiger partial charge < -0.3 is 5.32 Å². The van der Waals surface area contributed by atoms with Crippen molar-refractivity contribution in [2.24, 2.45) is 0 Å². The third-order valence-corrected chi connectivity index (χ3v) is 5.95. The molecule has 174 valence electrons. The first-order chi connectivity index (χ1) is 16.0. The number of anilines is 1. The van der Waals surface area contributed by atoms with Crippen LogP contribution in [-0.4, -0.2) is 20.7 Å². The molecule has 2 aromatic heterocycles. The molecule has 0 saturated heterocycles. The Balaban J connectivity index is 1.60. The second-order valence-corrected chi connectivity index (χ2v) is 10.1. The summed E-state index contributed by atoms with van der Waals surface area (Å²) < 4.78 is 1.70. The third-order valence-electron chi connectivity index (χ3n) is 5.95. The number of benzene rings is 2. The molecule has 34 heavy (non-hydrogen) atoms. The summed E-state index contributed by atoms with van der Waals surface area (Å²) in [4.78, 5) is 17.6. The maximum atomic E-state index is 12.7. The van der Waals surface area contributed by atoms with E-state index in [-0.39, 0.29) is 11.3 Å². The predicted octanol–water partition coefficient (Wildman–Crippen LogP) is 6.60. The molecular formula is C29H32N4O. The lowest BCUT2D eigenvalue weighted by molar-refractivity contribution is -0.111. The number of fused-ring (bicyclic) bond motifs is 1. The van der Waals surface area contributed by atoms with Gasteiger partial charge in [0.1, 0.15) is 5.82 Å².